The first-order valence-corrected chi connectivity index (χ1v) is 11.6. The molecule has 198 valence electrons. The van der Waals surface area contributed by atoms with E-state index in [1.165, 1.54) is 13.8 Å². The highest BCUT2D eigenvalue weighted by atomic mass is 19.4. The van der Waals surface area contributed by atoms with Gasteiger partial charge < -0.3 is 24.6 Å². The molecule has 2 heterocycles. The molecular formula is C24H32F3N5O4. The van der Waals surface area contributed by atoms with E-state index in [9.17, 15) is 22.8 Å². The molecule has 1 aromatic carbocycles. The Morgan fingerprint density at radius 1 is 1.08 bits per heavy atom. The number of rotatable bonds is 8. The number of amides is 2. The molecular weight excluding hydrogens is 479 g/mol. The summed E-state index contributed by atoms with van der Waals surface area (Å²) in [7, 11) is 3.12. The van der Waals surface area contributed by atoms with Gasteiger partial charge in [0.2, 0.25) is 5.91 Å². The average molecular weight is 512 g/mol. The molecule has 1 aliphatic rings. The molecule has 0 spiro atoms. The summed E-state index contributed by atoms with van der Waals surface area (Å²) in [6, 6.07) is 3.58. The quantitative estimate of drug-likeness (QED) is 0.548. The topological polar surface area (TPSA) is 88.9 Å². The number of carbonyl (C=O) groups is 2. The Kier molecular flexibility index (Phi) is 8.49. The fourth-order valence-electron chi connectivity index (χ4n) is 4.19. The minimum atomic E-state index is -4.57. The van der Waals surface area contributed by atoms with Gasteiger partial charge in [-0.15, -0.1) is 0 Å². The molecule has 3 rings (SSSR count). The number of aryl methyl sites for hydroxylation is 1. The van der Waals surface area contributed by atoms with Crippen molar-refractivity contribution in [1.82, 2.24) is 20.0 Å². The monoisotopic (exact) mass is 511 g/mol. The number of methoxy groups -OCH3 is 2. The van der Waals surface area contributed by atoms with Crippen LogP contribution in [-0.2, 0) is 22.3 Å². The van der Waals surface area contributed by atoms with E-state index in [0.717, 1.165) is 10.2 Å². The highest BCUT2D eigenvalue weighted by Gasteiger charge is 2.37. The van der Waals surface area contributed by atoms with Gasteiger partial charge in [-0.1, -0.05) is 0 Å². The lowest BCUT2D eigenvalue weighted by Gasteiger charge is -2.37. The summed E-state index contributed by atoms with van der Waals surface area (Å²) in [5, 5.41) is 6.47. The third-order valence-electron chi connectivity index (χ3n) is 6.38. The fraction of sp³-hybridized carbons (Fsp3) is 0.542. The van der Waals surface area contributed by atoms with Crippen molar-refractivity contribution in [2.75, 3.05) is 58.5 Å². The van der Waals surface area contributed by atoms with Gasteiger partial charge in [0, 0.05) is 57.2 Å². The van der Waals surface area contributed by atoms with E-state index < -0.39 is 11.9 Å². The van der Waals surface area contributed by atoms with Gasteiger partial charge in [-0.25, -0.2) is 0 Å². The SMILES string of the molecule is COCCNC(=O)c1cc(C)c(OC)cc1N1CCN(C(=O)Cn2nc(C(F)(F)F)c(C)c2C)CC1. The van der Waals surface area contributed by atoms with Gasteiger partial charge in [0.15, 0.2) is 5.69 Å². The van der Waals surface area contributed by atoms with Gasteiger partial charge in [0.25, 0.3) is 5.91 Å². The maximum atomic E-state index is 13.2. The first kappa shape index (κ1) is 27.3. The number of anilines is 1. The number of halogens is 3. The Bertz CT molecular complexity index is 1110. The molecule has 9 nitrogen and oxygen atoms in total. The third kappa shape index (κ3) is 5.92. The maximum Gasteiger partial charge on any atom is 0.435 e. The maximum absolute atomic E-state index is 13.2. The van der Waals surface area contributed by atoms with Gasteiger partial charge in [-0.05, 0) is 32.4 Å². The number of nitrogens with one attached hydrogen (secondary N) is 1. The summed E-state index contributed by atoms with van der Waals surface area (Å²) >= 11 is 0. The lowest BCUT2D eigenvalue weighted by Crippen LogP contribution is -2.50. The highest BCUT2D eigenvalue weighted by molar-refractivity contribution is 6.00. The minimum Gasteiger partial charge on any atom is -0.496 e. The van der Waals surface area contributed by atoms with Crippen LogP contribution in [0.1, 0.15) is 32.9 Å². The predicted molar refractivity (Wildman–Crippen MR) is 127 cm³/mol. The Hall–Kier alpha value is -3.28. The second kappa shape index (κ2) is 11.2. The van der Waals surface area contributed by atoms with Crippen molar-refractivity contribution in [1.29, 1.82) is 0 Å². The lowest BCUT2D eigenvalue weighted by atomic mass is 10.1. The predicted octanol–water partition coefficient (Wildman–Crippen LogP) is 2.56. The molecule has 12 heteroatoms. The van der Waals surface area contributed by atoms with Crippen molar-refractivity contribution in [3.63, 3.8) is 0 Å². The molecule has 1 saturated heterocycles. The van der Waals surface area contributed by atoms with E-state index >= 15 is 0 Å². The van der Waals surface area contributed by atoms with Gasteiger partial charge in [0.1, 0.15) is 12.3 Å². The van der Waals surface area contributed by atoms with E-state index in [2.05, 4.69) is 10.4 Å². The van der Waals surface area contributed by atoms with E-state index in [4.69, 9.17) is 9.47 Å². The number of nitrogens with zero attached hydrogens (tertiary/aromatic N) is 4. The van der Waals surface area contributed by atoms with Crippen molar-refractivity contribution in [2.45, 2.75) is 33.5 Å². The molecule has 2 aromatic rings. The Balaban J connectivity index is 1.72. The zero-order valence-corrected chi connectivity index (χ0v) is 21.2. The first-order valence-electron chi connectivity index (χ1n) is 11.6. The smallest absolute Gasteiger partial charge is 0.435 e. The van der Waals surface area contributed by atoms with E-state index in [0.29, 0.717) is 62.0 Å². The molecule has 0 saturated carbocycles. The van der Waals surface area contributed by atoms with Crippen LogP contribution in [0.4, 0.5) is 18.9 Å². The van der Waals surface area contributed by atoms with Crippen molar-refractivity contribution >= 4 is 17.5 Å². The summed E-state index contributed by atoms with van der Waals surface area (Å²) in [5.74, 6) is 0.0891. The van der Waals surface area contributed by atoms with Crippen LogP contribution in [0.25, 0.3) is 0 Å². The van der Waals surface area contributed by atoms with Crippen LogP contribution in [0, 0.1) is 20.8 Å². The molecule has 2 amide bonds. The van der Waals surface area contributed by atoms with Crippen LogP contribution in [0.2, 0.25) is 0 Å². The van der Waals surface area contributed by atoms with Crippen LogP contribution >= 0.6 is 0 Å². The summed E-state index contributed by atoms with van der Waals surface area (Å²) in [4.78, 5) is 29.3. The number of benzene rings is 1. The highest BCUT2D eigenvalue weighted by Crippen LogP contribution is 2.32. The zero-order chi connectivity index (χ0) is 26.6. The van der Waals surface area contributed by atoms with E-state index in [1.54, 1.807) is 25.2 Å². The number of hydrogen-bond acceptors (Lipinski definition) is 6. The molecule has 0 atom stereocenters. The summed E-state index contributed by atoms with van der Waals surface area (Å²) in [5.41, 5.74) is 1.35. The third-order valence-corrected chi connectivity index (χ3v) is 6.38. The van der Waals surface area contributed by atoms with E-state index in [-0.39, 0.29) is 23.9 Å². The first-order chi connectivity index (χ1) is 17.0. The summed E-state index contributed by atoms with van der Waals surface area (Å²) in [6.07, 6.45) is -4.57. The van der Waals surface area contributed by atoms with Gasteiger partial charge in [-0.3, -0.25) is 14.3 Å². The molecule has 0 radical (unpaired) electrons. The van der Waals surface area contributed by atoms with Crippen LogP contribution in [0.15, 0.2) is 12.1 Å². The van der Waals surface area contributed by atoms with Crippen LogP contribution in [0.3, 0.4) is 0 Å². The molecule has 36 heavy (non-hydrogen) atoms. The second-order valence-corrected chi connectivity index (χ2v) is 8.67. The number of piperazine rings is 1. The number of alkyl halides is 3. The van der Waals surface area contributed by atoms with Crippen LogP contribution < -0.4 is 15.0 Å². The average Bonchev–Trinajstić information content (AvgIpc) is 3.13. The normalized spacial score (nSPS) is 14.2. The molecule has 1 fully saturated rings. The van der Waals surface area contributed by atoms with Crippen LogP contribution in [-0.4, -0.2) is 80.0 Å². The molecule has 1 aliphatic heterocycles. The molecule has 1 aromatic heterocycles. The van der Waals surface area contributed by atoms with Crippen LogP contribution in [0.5, 0.6) is 5.75 Å². The van der Waals surface area contributed by atoms with Crippen molar-refractivity contribution in [3.8, 4) is 5.75 Å². The standard InChI is InChI=1S/C24H32F3N5O4/c1-15-12-18(23(34)28-6-11-35-4)19(13-20(15)36-5)30-7-9-31(10-8-30)21(33)14-32-17(3)16(2)22(29-32)24(25,26)27/h12-13H,6-11,14H2,1-5H3,(H,28,34). The minimum absolute atomic E-state index is 0.0183. The molecule has 0 aliphatic carbocycles. The van der Waals surface area contributed by atoms with Gasteiger partial charge in [-0.2, -0.15) is 18.3 Å². The Labute approximate surface area is 208 Å². The number of carbonyl (C=O) groups excluding carboxylic acids is 2. The van der Waals surface area contributed by atoms with Gasteiger partial charge >= 0.3 is 6.18 Å². The fourth-order valence-corrected chi connectivity index (χ4v) is 4.19. The molecule has 0 unspecified atom stereocenters. The second-order valence-electron chi connectivity index (χ2n) is 8.67. The van der Waals surface area contributed by atoms with Crippen molar-refractivity contribution < 1.29 is 32.2 Å². The Morgan fingerprint density at radius 2 is 1.75 bits per heavy atom. The van der Waals surface area contributed by atoms with Gasteiger partial charge in [0.05, 0.1) is 25.0 Å². The zero-order valence-electron chi connectivity index (χ0n) is 21.2. The summed E-state index contributed by atoms with van der Waals surface area (Å²) < 4.78 is 51.1. The van der Waals surface area contributed by atoms with E-state index in [1.807, 2.05) is 17.9 Å². The number of ether oxygens (including phenoxy) is 2. The van der Waals surface area contributed by atoms with Crippen molar-refractivity contribution in [2.24, 2.45) is 0 Å². The van der Waals surface area contributed by atoms with Crippen molar-refractivity contribution in [3.05, 3.63) is 40.2 Å². The Morgan fingerprint density at radius 3 is 2.31 bits per heavy atom. The number of aromatic nitrogens is 2. The molecule has 0 bridgehead atoms. The largest absolute Gasteiger partial charge is 0.496 e. The molecule has 1 N–H and O–H groups in total. The lowest BCUT2D eigenvalue weighted by molar-refractivity contribution is -0.142. The summed E-state index contributed by atoms with van der Waals surface area (Å²) in [6.45, 7) is 6.80. The number of hydrogen-bond donors (Lipinski definition) is 1.